The third-order valence-electron chi connectivity index (χ3n) is 7.03. The van der Waals surface area contributed by atoms with Gasteiger partial charge in [0.05, 0.1) is 0 Å². The van der Waals surface area contributed by atoms with Gasteiger partial charge in [-0.15, -0.1) is 0 Å². The lowest BCUT2D eigenvalue weighted by molar-refractivity contribution is 0.176. The number of nitrogens with zero attached hydrogens (tertiary/aromatic N) is 4. The van der Waals surface area contributed by atoms with Crippen molar-refractivity contribution in [3.05, 3.63) is 72.8 Å². The van der Waals surface area contributed by atoms with Gasteiger partial charge in [-0.3, -0.25) is 4.40 Å². The summed E-state index contributed by atoms with van der Waals surface area (Å²) in [6.07, 6.45) is 8.87. The maximum absolute atomic E-state index is 6.33. The van der Waals surface area contributed by atoms with Crippen molar-refractivity contribution in [1.82, 2.24) is 19.3 Å². The molecule has 0 spiro atoms. The monoisotopic (exact) mass is 439 g/mol. The molecule has 0 radical (unpaired) electrons. The highest BCUT2D eigenvalue weighted by Gasteiger charge is 2.35. The zero-order valence-electron chi connectivity index (χ0n) is 18.7. The third kappa shape index (κ3) is 3.95. The van der Waals surface area contributed by atoms with Crippen LogP contribution in [0.15, 0.2) is 67.0 Å². The Morgan fingerprint density at radius 1 is 0.939 bits per heavy atom. The number of ether oxygens (including phenoxy) is 1. The Labute approximate surface area is 194 Å². The fourth-order valence-corrected chi connectivity index (χ4v) is 5.31. The Morgan fingerprint density at radius 3 is 2.42 bits per heavy atom. The van der Waals surface area contributed by atoms with Gasteiger partial charge in [0.1, 0.15) is 34.4 Å². The Hall–Kier alpha value is -3.38. The van der Waals surface area contributed by atoms with E-state index in [1.165, 1.54) is 45.3 Å². The van der Waals surface area contributed by atoms with Crippen molar-refractivity contribution in [2.75, 3.05) is 25.4 Å². The minimum atomic E-state index is 0.473. The highest BCUT2D eigenvalue weighted by Crippen LogP contribution is 2.43. The highest BCUT2D eigenvalue weighted by molar-refractivity contribution is 5.85. The SMILES string of the molecule is Nc1nccn2c1c(-c1ccc(Oc3ccccc3)cc1)nc2[C@H]1C[C@H](CN2CCCC2)C1. The molecule has 0 atom stereocenters. The number of hydrogen-bond acceptors (Lipinski definition) is 5. The normalized spacial score (nSPS) is 20.7. The molecule has 0 bridgehead atoms. The molecule has 2 aromatic carbocycles. The topological polar surface area (TPSA) is 68.7 Å². The molecule has 1 saturated heterocycles. The molecule has 2 fully saturated rings. The fourth-order valence-electron chi connectivity index (χ4n) is 5.31. The van der Waals surface area contributed by atoms with Crippen LogP contribution >= 0.6 is 0 Å². The lowest BCUT2D eigenvalue weighted by Crippen LogP contribution is -2.34. The summed E-state index contributed by atoms with van der Waals surface area (Å²) in [7, 11) is 0. The Morgan fingerprint density at radius 2 is 1.67 bits per heavy atom. The van der Waals surface area contributed by atoms with Crippen LogP contribution in [0, 0.1) is 5.92 Å². The van der Waals surface area contributed by atoms with Gasteiger partial charge < -0.3 is 15.4 Å². The quantitative estimate of drug-likeness (QED) is 0.438. The molecule has 0 unspecified atom stereocenters. The maximum atomic E-state index is 6.33. The molecule has 1 aliphatic heterocycles. The Kier molecular flexibility index (Phi) is 5.23. The van der Waals surface area contributed by atoms with Gasteiger partial charge in [-0.1, -0.05) is 18.2 Å². The van der Waals surface area contributed by atoms with E-state index in [2.05, 4.69) is 14.3 Å². The van der Waals surface area contributed by atoms with Crippen molar-refractivity contribution < 1.29 is 4.74 Å². The molecule has 6 nitrogen and oxygen atoms in total. The summed E-state index contributed by atoms with van der Waals surface area (Å²) in [5, 5.41) is 0. The maximum Gasteiger partial charge on any atom is 0.150 e. The summed E-state index contributed by atoms with van der Waals surface area (Å²) in [5.74, 6) is 4.49. The van der Waals surface area contributed by atoms with Gasteiger partial charge in [0.25, 0.3) is 0 Å². The molecule has 2 aliphatic rings. The molecule has 3 heterocycles. The molecular formula is C27H29N5O. The first kappa shape index (κ1) is 20.2. The van der Waals surface area contributed by atoms with Crippen LogP contribution < -0.4 is 10.5 Å². The lowest BCUT2D eigenvalue weighted by Gasteiger charge is -2.37. The molecule has 2 aromatic heterocycles. The summed E-state index contributed by atoms with van der Waals surface area (Å²) in [6, 6.07) is 17.9. The summed E-state index contributed by atoms with van der Waals surface area (Å²) in [6.45, 7) is 3.77. The molecular weight excluding hydrogens is 410 g/mol. The average Bonchev–Trinajstić information content (AvgIpc) is 3.46. The van der Waals surface area contributed by atoms with E-state index in [1.54, 1.807) is 6.20 Å². The van der Waals surface area contributed by atoms with E-state index < -0.39 is 0 Å². The molecule has 6 rings (SSSR count). The van der Waals surface area contributed by atoms with Gasteiger partial charge >= 0.3 is 0 Å². The molecule has 4 aromatic rings. The zero-order valence-corrected chi connectivity index (χ0v) is 18.7. The number of nitrogen functional groups attached to an aromatic ring is 1. The number of nitrogens with two attached hydrogens (primary N) is 1. The smallest absolute Gasteiger partial charge is 0.150 e. The van der Waals surface area contributed by atoms with Crippen LogP contribution in [0.3, 0.4) is 0 Å². The van der Waals surface area contributed by atoms with E-state index in [4.69, 9.17) is 15.5 Å². The number of likely N-dealkylation sites (tertiary alicyclic amines) is 1. The van der Waals surface area contributed by atoms with Crippen LogP contribution in [-0.2, 0) is 0 Å². The van der Waals surface area contributed by atoms with Crippen LogP contribution in [0.4, 0.5) is 5.82 Å². The lowest BCUT2D eigenvalue weighted by atomic mass is 9.74. The number of para-hydroxylation sites is 1. The van der Waals surface area contributed by atoms with Crippen molar-refractivity contribution >= 4 is 11.3 Å². The van der Waals surface area contributed by atoms with E-state index in [-0.39, 0.29) is 0 Å². The predicted octanol–water partition coefficient (Wildman–Crippen LogP) is 5.36. The number of fused-ring (bicyclic) bond motifs is 1. The minimum Gasteiger partial charge on any atom is -0.457 e. The number of benzene rings is 2. The molecule has 1 aliphatic carbocycles. The van der Waals surface area contributed by atoms with E-state index in [1.807, 2.05) is 60.8 Å². The summed E-state index contributed by atoms with van der Waals surface area (Å²) >= 11 is 0. The minimum absolute atomic E-state index is 0.473. The van der Waals surface area contributed by atoms with Crippen molar-refractivity contribution in [2.45, 2.75) is 31.6 Å². The fraction of sp³-hybridized carbons (Fsp3) is 0.333. The highest BCUT2D eigenvalue weighted by atomic mass is 16.5. The van der Waals surface area contributed by atoms with Crippen molar-refractivity contribution in [1.29, 1.82) is 0 Å². The largest absolute Gasteiger partial charge is 0.457 e. The van der Waals surface area contributed by atoms with Gasteiger partial charge in [0.15, 0.2) is 0 Å². The standard InChI is InChI=1S/C27H29N5O/c28-26-25-24(20-8-10-23(11-9-20)33-22-6-2-1-3-7-22)30-27(32(25)15-12-29-26)21-16-19(17-21)18-31-13-4-5-14-31/h1-3,6-12,15,19,21H,4-5,13-14,16-18H2,(H2,28,29)/t19-,21-. The van der Waals surface area contributed by atoms with Crippen molar-refractivity contribution in [3.8, 4) is 22.8 Å². The van der Waals surface area contributed by atoms with Gasteiger partial charge in [0.2, 0.25) is 0 Å². The first-order valence-corrected chi connectivity index (χ1v) is 11.9. The van der Waals surface area contributed by atoms with Crippen molar-refractivity contribution in [3.63, 3.8) is 0 Å². The zero-order chi connectivity index (χ0) is 22.2. The van der Waals surface area contributed by atoms with Gasteiger partial charge in [-0.2, -0.15) is 0 Å². The molecule has 33 heavy (non-hydrogen) atoms. The number of aromatic nitrogens is 3. The number of anilines is 1. The first-order valence-electron chi connectivity index (χ1n) is 11.9. The van der Waals surface area contributed by atoms with Crippen LogP contribution in [0.1, 0.15) is 37.4 Å². The van der Waals surface area contributed by atoms with E-state index in [0.29, 0.717) is 11.7 Å². The number of imidazole rings is 1. The van der Waals surface area contributed by atoms with E-state index >= 15 is 0 Å². The van der Waals surface area contributed by atoms with E-state index in [0.717, 1.165) is 40.0 Å². The molecule has 168 valence electrons. The van der Waals surface area contributed by atoms with Gasteiger partial charge in [-0.25, -0.2) is 9.97 Å². The van der Waals surface area contributed by atoms with Crippen LogP contribution in [0.2, 0.25) is 0 Å². The first-order chi connectivity index (χ1) is 16.2. The van der Waals surface area contributed by atoms with Crippen LogP contribution in [-0.4, -0.2) is 38.9 Å². The Balaban J connectivity index is 1.25. The number of rotatable bonds is 6. The molecule has 1 saturated carbocycles. The summed E-state index contributed by atoms with van der Waals surface area (Å²) in [4.78, 5) is 12.1. The van der Waals surface area contributed by atoms with Gasteiger partial charge in [-0.05, 0) is 81.1 Å². The second-order valence-corrected chi connectivity index (χ2v) is 9.33. The third-order valence-corrected chi connectivity index (χ3v) is 7.03. The number of hydrogen-bond donors (Lipinski definition) is 1. The predicted molar refractivity (Wildman–Crippen MR) is 130 cm³/mol. The average molecular weight is 440 g/mol. The molecule has 6 heteroatoms. The second kappa shape index (κ2) is 8.52. The second-order valence-electron chi connectivity index (χ2n) is 9.33. The van der Waals surface area contributed by atoms with Crippen LogP contribution in [0.5, 0.6) is 11.5 Å². The molecule has 2 N–H and O–H groups in total. The summed E-state index contributed by atoms with van der Waals surface area (Å²) in [5.41, 5.74) is 9.14. The summed E-state index contributed by atoms with van der Waals surface area (Å²) < 4.78 is 8.11. The molecule has 0 amide bonds. The van der Waals surface area contributed by atoms with Crippen molar-refractivity contribution in [2.24, 2.45) is 5.92 Å². The van der Waals surface area contributed by atoms with Gasteiger partial charge in [0, 0.05) is 30.4 Å². The van der Waals surface area contributed by atoms with Crippen LogP contribution in [0.25, 0.3) is 16.8 Å². The Bertz CT molecular complexity index is 1240. The van der Waals surface area contributed by atoms with E-state index in [9.17, 15) is 0 Å².